The molecular formula is C27H25N5O4. The van der Waals surface area contributed by atoms with E-state index in [-0.39, 0.29) is 17.8 Å². The Labute approximate surface area is 208 Å². The fourth-order valence-electron chi connectivity index (χ4n) is 3.69. The minimum Gasteiger partial charge on any atom is -0.453 e. The van der Waals surface area contributed by atoms with E-state index in [1.165, 1.54) is 0 Å². The maximum absolute atomic E-state index is 12.8. The number of hydrogen-bond donors (Lipinski definition) is 2. The molecule has 3 heterocycles. The van der Waals surface area contributed by atoms with Crippen molar-refractivity contribution in [3.63, 3.8) is 0 Å². The summed E-state index contributed by atoms with van der Waals surface area (Å²) < 4.78 is 12.8. The van der Waals surface area contributed by atoms with Crippen LogP contribution in [0.2, 0.25) is 0 Å². The molecule has 0 aliphatic carbocycles. The van der Waals surface area contributed by atoms with Crippen LogP contribution < -0.4 is 20.1 Å². The van der Waals surface area contributed by atoms with E-state index in [0.29, 0.717) is 34.4 Å². The Hall–Kier alpha value is -4.66. The number of amides is 2. The first-order chi connectivity index (χ1) is 17.3. The molecule has 0 bridgehead atoms. The third-order valence-corrected chi connectivity index (χ3v) is 5.53. The van der Waals surface area contributed by atoms with Gasteiger partial charge in [-0.3, -0.25) is 15.1 Å². The van der Waals surface area contributed by atoms with Crippen LogP contribution in [0.4, 0.5) is 16.3 Å². The summed E-state index contributed by atoms with van der Waals surface area (Å²) in [5.41, 5.74) is 2.65. The van der Waals surface area contributed by atoms with Gasteiger partial charge in [-0.25, -0.2) is 9.48 Å². The van der Waals surface area contributed by atoms with Gasteiger partial charge in [-0.05, 0) is 36.4 Å². The normalized spacial score (nSPS) is 12.6. The number of para-hydroxylation sites is 1. The summed E-state index contributed by atoms with van der Waals surface area (Å²) in [7, 11) is 0. The Morgan fingerprint density at radius 2 is 1.78 bits per heavy atom. The van der Waals surface area contributed by atoms with Crippen molar-refractivity contribution in [1.82, 2.24) is 14.8 Å². The number of pyridine rings is 1. The molecule has 182 valence electrons. The van der Waals surface area contributed by atoms with Crippen molar-refractivity contribution < 1.29 is 19.1 Å². The van der Waals surface area contributed by atoms with Gasteiger partial charge in [0, 0.05) is 29.4 Å². The molecule has 0 spiro atoms. The van der Waals surface area contributed by atoms with E-state index in [9.17, 15) is 9.59 Å². The molecule has 0 unspecified atom stereocenters. The summed E-state index contributed by atoms with van der Waals surface area (Å²) in [5, 5.41) is 10.4. The first-order valence-corrected chi connectivity index (χ1v) is 11.5. The molecule has 36 heavy (non-hydrogen) atoms. The van der Waals surface area contributed by atoms with Gasteiger partial charge in [0.05, 0.1) is 23.5 Å². The molecule has 1 aliphatic rings. The van der Waals surface area contributed by atoms with E-state index in [1.807, 2.05) is 36.4 Å². The maximum Gasteiger partial charge on any atom is 0.324 e. The first-order valence-electron chi connectivity index (χ1n) is 11.5. The number of benzene rings is 2. The molecule has 0 saturated carbocycles. The van der Waals surface area contributed by atoms with Gasteiger partial charge < -0.3 is 14.8 Å². The van der Waals surface area contributed by atoms with Gasteiger partial charge in [0.1, 0.15) is 11.6 Å². The van der Waals surface area contributed by atoms with Gasteiger partial charge in [0.15, 0.2) is 11.5 Å². The average Bonchev–Trinajstić information content (AvgIpc) is 3.44. The average molecular weight is 484 g/mol. The number of nitrogens with zero attached hydrogens (tertiary/aromatic N) is 3. The van der Waals surface area contributed by atoms with Crippen LogP contribution in [0.25, 0.3) is 5.69 Å². The Morgan fingerprint density at radius 1 is 1.03 bits per heavy atom. The van der Waals surface area contributed by atoms with Crippen LogP contribution in [0.1, 0.15) is 32.2 Å². The summed E-state index contributed by atoms with van der Waals surface area (Å²) in [4.78, 5) is 28.5. The number of hydrogen-bond acceptors (Lipinski definition) is 6. The van der Waals surface area contributed by atoms with E-state index >= 15 is 0 Å². The predicted molar refractivity (Wildman–Crippen MR) is 135 cm³/mol. The number of carbonyl (C=O) groups is 2. The fourth-order valence-corrected chi connectivity index (χ4v) is 3.69. The number of anilines is 2. The lowest BCUT2D eigenvalue weighted by Gasteiger charge is -2.14. The van der Waals surface area contributed by atoms with Crippen molar-refractivity contribution in [2.24, 2.45) is 0 Å². The second-order valence-corrected chi connectivity index (χ2v) is 9.35. The molecule has 9 heteroatoms. The van der Waals surface area contributed by atoms with Gasteiger partial charge in [0.25, 0.3) is 0 Å². The molecule has 1 aliphatic heterocycles. The molecule has 0 radical (unpaired) electrons. The summed E-state index contributed by atoms with van der Waals surface area (Å²) in [5.74, 6) is 1.48. The zero-order valence-electron chi connectivity index (χ0n) is 20.1. The van der Waals surface area contributed by atoms with E-state index in [4.69, 9.17) is 14.6 Å². The Kier molecular flexibility index (Phi) is 5.89. The Morgan fingerprint density at radius 3 is 2.50 bits per heavy atom. The second kappa shape index (κ2) is 9.18. The molecule has 2 N–H and O–H groups in total. The maximum atomic E-state index is 12.8. The van der Waals surface area contributed by atoms with Gasteiger partial charge in [-0.1, -0.05) is 39.0 Å². The number of esters is 1. The van der Waals surface area contributed by atoms with Crippen LogP contribution in [0.15, 0.2) is 72.9 Å². The molecule has 2 amide bonds. The van der Waals surface area contributed by atoms with Crippen molar-refractivity contribution in [2.75, 3.05) is 10.6 Å². The smallest absolute Gasteiger partial charge is 0.324 e. The third kappa shape index (κ3) is 4.90. The number of nitrogens with one attached hydrogen (secondary N) is 2. The highest BCUT2D eigenvalue weighted by molar-refractivity contribution is 5.99. The quantitative estimate of drug-likeness (QED) is 0.365. The van der Waals surface area contributed by atoms with Gasteiger partial charge in [-0.15, -0.1) is 0 Å². The zero-order valence-corrected chi connectivity index (χ0v) is 20.1. The van der Waals surface area contributed by atoms with E-state index < -0.39 is 6.03 Å². The molecule has 0 fully saturated rings. The SMILES string of the molecule is CC(C)(C)c1cc(NC(=O)Nc2ccc(Oc3ccnc4c3OC(=O)C4)cc2)n(-c2ccccc2)n1. The van der Waals surface area contributed by atoms with Crippen LogP contribution >= 0.6 is 0 Å². The summed E-state index contributed by atoms with van der Waals surface area (Å²) in [6, 6.07) is 19.6. The number of fused-ring (bicyclic) bond motifs is 1. The number of urea groups is 1. The van der Waals surface area contributed by atoms with Crippen LogP contribution in [0.5, 0.6) is 17.2 Å². The largest absolute Gasteiger partial charge is 0.453 e. The molecule has 9 nitrogen and oxygen atoms in total. The highest BCUT2D eigenvalue weighted by Crippen LogP contribution is 2.37. The second-order valence-electron chi connectivity index (χ2n) is 9.35. The predicted octanol–water partition coefficient (Wildman–Crippen LogP) is 5.46. The molecule has 0 atom stereocenters. The molecule has 5 rings (SSSR count). The van der Waals surface area contributed by atoms with E-state index in [1.54, 1.807) is 41.2 Å². The molecule has 2 aromatic heterocycles. The van der Waals surface area contributed by atoms with Gasteiger partial charge >= 0.3 is 12.0 Å². The number of aromatic nitrogens is 3. The number of rotatable bonds is 5. The van der Waals surface area contributed by atoms with Crippen LogP contribution in [-0.2, 0) is 16.6 Å². The van der Waals surface area contributed by atoms with Crippen molar-refractivity contribution >= 4 is 23.5 Å². The van der Waals surface area contributed by atoms with Gasteiger partial charge in [0.2, 0.25) is 0 Å². The third-order valence-electron chi connectivity index (χ3n) is 5.53. The number of carbonyl (C=O) groups excluding carboxylic acids is 2. The summed E-state index contributed by atoms with van der Waals surface area (Å²) in [6.45, 7) is 6.22. The summed E-state index contributed by atoms with van der Waals surface area (Å²) >= 11 is 0. The van der Waals surface area contributed by atoms with E-state index in [2.05, 4.69) is 36.4 Å². The van der Waals surface area contributed by atoms with Crippen LogP contribution in [0.3, 0.4) is 0 Å². The van der Waals surface area contributed by atoms with Crippen LogP contribution in [0, 0.1) is 0 Å². The molecular weight excluding hydrogens is 458 g/mol. The van der Waals surface area contributed by atoms with E-state index in [0.717, 1.165) is 11.4 Å². The monoisotopic (exact) mass is 483 g/mol. The topological polar surface area (TPSA) is 107 Å². The van der Waals surface area contributed by atoms with Crippen molar-refractivity contribution in [3.05, 3.63) is 84.3 Å². The molecule has 4 aromatic rings. The lowest BCUT2D eigenvalue weighted by molar-refractivity contribution is -0.131. The van der Waals surface area contributed by atoms with Crippen molar-refractivity contribution in [2.45, 2.75) is 32.6 Å². The van der Waals surface area contributed by atoms with Crippen molar-refractivity contribution in [3.8, 4) is 22.9 Å². The Balaban J connectivity index is 1.28. The Bertz CT molecular complexity index is 1420. The minimum absolute atomic E-state index is 0.130. The fraction of sp³-hybridized carbons (Fsp3) is 0.185. The lowest BCUT2D eigenvalue weighted by Crippen LogP contribution is -2.21. The van der Waals surface area contributed by atoms with Gasteiger partial charge in [-0.2, -0.15) is 5.10 Å². The molecule has 2 aromatic carbocycles. The standard InChI is InChI=1S/C27H25N5O4/c1-27(2,3)22-16-23(32(31-22)18-7-5-4-6-8-18)30-26(34)29-17-9-11-19(12-10-17)35-21-13-14-28-20-15-24(33)36-25(20)21/h4-14,16H,15H2,1-3H3,(H2,29,30,34). The van der Waals surface area contributed by atoms with Crippen LogP contribution in [-0.4, -0.2) is 26.8 Å². The first kappa shape index (κ1) is 23.1. The highest BCUT2D eigenvalue weighted by Gasteiger charge is 2.26. The zero-order chi connectivity index (χ0) is 25.3. The number of ether oxygens (including phenoxy) is 2. The lowest BCUT2D eigenvalue weighted by atomic mass is 9.92. The van der Waals surface area contributed by atoms with Crippen molar-refractivity contribution in [1.29, 1.82) is 0 Å². The minimum atomic E-state index is -0.403. The molecule has 0 saturated heterocycles. The highest BCUT2D eigenvalue weighted by atomic mass is 16.6. The summed E-state index contributed by atoms with van der Waals surface area (Å²) in [6.07, 6.45) is 1.70.